The van der Waals surface area contributed by atoms with Gasteiger partial charge in [-0.3, -0.25) is 4.79 Å². The summed E-state index contributed by atoms with van der Waals surface area (Å²) in [5.74, 6) is 4.93. The molecule has 0 bridgehead atoms. The molecule has 1 heterocycles. The first-order chi connectivity index (χ1) is 8.72. The van der Waals surface area contributed by atoms with Crippen molar-refractivity contribution in [1.82, 2.24) is 0 Å². The molecule has 0 aliphatic carbocycles. The lowest BCUT2D eigenvalue weighted by atomic mass is 10.2. The van der Waals surface area contributed by atoms with Crippen LogP contribution in [0.3, 0.4) is 0 Å². The van der Waals surface area contributed by atoms with Crippen molar-refractivity contribution < 1.29 is 14.3 Å². The maximum absolute atomic E-state index is 13.8. The first-order valence-electron chi connectivity index (χ1n) is 5.92. The molecule has 18 heavy (non-hydrogen) atoms. The number of halogens is 1. The molecule has 3 nitrogen and oxygen atoms in total. The van der Waals surface area contributed by atoms with Crippen molar-refractivity contribution in [2.75, 3.05) is 18.1 Å². The molecule has 1 aromatic rings. The highest BCUT2D eigenvalue weighted by molar-refractivity contribution is 5.95. The number of hydrogen-bond donors (Lipinski definition) is 1. The van der Waals surface area contributed by atoms with Crippen molar-refractivity contribution in [3.8, 4) is 11.8 Å². The van der Waals surface area contributed by atoms with E-state index in [2.05, 4.69) is 11.8 Å². The molecule has 94 valence electrons. The van der Waals surface area contributed by atoms with Crippen LogP contribution in [0.5, 0.6) is 0 Å². The number of carbonyl (C=O) groups excluding carboxylic acids is 1. The first kappa shape index (κ1) is 12.6. The molecule has 1 N–H and O–H groups in total. The van der Waals surface area contributed by atoms with Crippen molar-refractivity contribution in [1.29, 1.82) is 0 Å². The fourth-order valence-electron chi connectivity index (χ4n) is 1.91. The SMILES string of the molecule is O=C1CCCN1c1ccc(C#CCCO)c(F)c1. The van der Waals surface area contributed by atoms with E-state index in [9.17, 15) is 9.18 Å². The molecule has 2 rings (SSSR count). The number of nitrogens with zero attached hydrogens (tertiary/aromatic N) is 1. The molecular formula is C14H14FNO2. The van der Waals surface area contributed by atoms with E-state index in [1.807, 2.05) is 0 Å². The Bertz CT molecular complexity index is 516. The van der Waals surface area contributed by atoms with Crippen LogP contribution in [0.1, 0.15) is 24.8 Å². The van der Waals surface area contributed by atoms with E-state index >= 15 is 0 Å². The second-order valence-corrected chi connectivity index (χ2v) is 4.09. The van der Waals surface area contributed by atoms with Gasteiger partial charge in [0.05, 0.1) is 12.2 Å². The molecule has 1 aromatic carbocycles. The van der Waals surface area contributed by atoms with Crippen LogP contribution >= 0.6 is 0 Å². The van der Waals surface area contributed by atoms with Crippen molar-refractivity contribution in [2.45, 2.75) is 19.3 Å². The Hall–Kier alpha value is -1.86. The Kier molecular flexibility index (Phi) is 3.96. The topological polar surface area (TPSA) is 40.5 Å². The third-order valence-corrected chi connectivity index (χ3v) is 2.80. The average molecular weight is 247 g/mol. The highest BCUT2D eigenvalue weighted by Gasteiger charge is 2.22. The zero-order chi connectivity index (χ0) is 13.0. The van der Waals surface area contributed by atoms with Crippen molar-refractivity contribution in [3.63, 3.8) is 0 Å². The average Bonchev–Trinajstić information content (AvgIpc) is 2.78. The number of anilines is 1. The molecule has 0 unspecified atom stereocenters. The Balaban J connectivity index is 2.20. The maximum atomic E-state index is 13.8. The van der Waals surface area contributed by atoms with Gasteiger partial charge >= 0.3 is 0 Å². The Morgan fingerprint density at radius 2 is 2.28 bits per heavy atom. The number of carbonyl (C=O) groups is 1. The van der Waals surface area contributed by atoms with E-state index in [4.69, 9.17) is 5.11 Å². The second-order valence-electron chi connectivity index (χ2n) is 4.09. The van der Waals surface area contributed by atoms with Gasteiger partial charge < -0.3 is 10.0 Å². The van der Waals surface area contributed by atoms with Crippen LogP contribution in [0.4, 0.5) is 10.1 Å². The Morgan fingerprint density at radius 3 is 2.89 bits per heavy atom. The highest BCUT2D eigenvalue weighted by Crippen LogP contribution is 2.23. The molecule has 1 amide bonds. The van der Waals surface area contributed by atoms with Crippen LogP contribution in [0.2, 0.25) is 0 Å². The highest BCUT2D eigenvalue weighted by atomic mass is 19.1. The summed E-state index contributed by atoms with van der Waals surface area (Å²) in [6.45, 7) is 0.614. The standard InChI is InChI=1S/C14H14FNO2/c15-13-10-12(16-8-3-5-14(16)18)7-6-11(13)4-1-2-9-17/h6-7,10,17H,2-3,5,8-9H2. The monoisotopic (exact) mass is 247 g/mol. The Morgan fingerprint density at radius 1 is 1.44 bits per heavy atom. The molecule has 0 aromatic heterocycles. The lowest BCUT2D eigenvalue weighted by molar-refractivity contribution is -0.117. The van der Waals surface area contributed by atoms with Crippen LogP contribution in [0.25, 0.3) is 0 Å². The van der Waals surface area contributed by atoms with Gasteiger partial charge in [-0.15, -0.1) is 0 Å². The molecule has 0 radical (unpaired) electrons. The van der Waals surface area contributed by atoms with Crippen LogP contribution < -0.4 is 4.90 Å². The zero-order valence-electron chi connectivity index (χ0n) is 9.95. The third-order valence-electron chi connectivity index (χ3n) is 2.80. The van der Waals surface area contributed by atoms with Crippen molar-refractivity contribution in [3.05, 3.63) is 29.6 Å². The van der Waals surface area contributed by atoms with Gasteiger partial charge in [-0.2, -0.15) is 0 Å². The summed E-state index contributed by atoms with van der Waals surface area (Å²) in [6.07, 6.45) is 1.67. The molecule has 1 aliphatic rings. The number of amides is 1. The van der Waals surface area contributed by atoms with E-state index in [1.165, 1.54) is 6.07 Å². The molecular weight excluding hydrogens is 233 g/mol. The first-order valence-corrected chi connectivity index (χ1v) is 5.92. The van der Waals surface area contributed by atoms with Gasteiger partial charge in [0.1, 0.15) is 5.82 Å². The van der Waals surface area contributed by atoms with Gasteiger partial charge in [-0.1, -0.05) is 11.8 Å². The van der Waals surface area contributed by atoms with E-state index in [1.54, 1.807) is 17.0 Å². The molecule has 1 saturated heterocycles. The summed E-state index contributed by atoms with van der Waals surface area (Å²) in [6, 6.07) is 4.61. The predicted molar refractivity (Wildman–Crippen MR) is 66.6 cm³/mol. The summed E-state index contributed by atoms with van der Waals surface area (Å²) >= 11 is 0. The van der Waals surface area contributed by atoms with Crippen LogP contribution in [-0.2, 0) is 4.79 Å². The van der Waals surface area contributed by atoms with E-state index in [0.29, 0.717) is 30.6 Å². The number of aliphatic hydroxyl groups excluding tert-OH is 1. The molecule has 0 spiro atoms. The van der Waals surface area contributed by atoms with Crippen molar-refractivity contribution >= 4 is 11.6 Å². The van der Waals surface area contributed by atoms with Crippen LogP contribution in [0, 0.1) is 17.7 Å². The number of benzene rings is 1. The van der Waals surface area contributed by atoms with Gasteiger partial charge in [0.15, 0.2) is 0 Å². The van der Waals surface area contributed by atoms with Gasteiger partial charge in [0, 0.05) is 25.1 Å². The van der Waals surface area contributed by atoms with Crippen LogP contribution in [-0.4, -0.2) is 24.2 Å². The van der Waals surface area contributed by atoms with Gasteiger partial charge in [-0.25, -0.2) is 4.39 Å². The summed E-state index contributed by atoms with van der Waals surface area (Å²) in [5, 5.41) is 8.59. The van der Waals surface area contributed by atoms with E-state index < -0.39 is 5.82 Å². The van der Waals surface area contributed by atoms with Crippen LogP contribution in [0.15, 0.2) is 18.2 Å². The summed E-state index contributed by atoms with van der Waals surface area (Å²) in [4.78, 5) is 13.1. The minimum Gasteiger partial charge on any atom is -0.395 e. The molecule has 0 saturated carbocycles. The number of aliphatic hydroxyl groups is 1. The maximum Gasteiger partial charge on any atom is 0.227 e. The fourth-order valence-corrected chi connectivity index (χ4v) is 1.91. The molecule has 1 aliphatic heterocycles. The predicted octanol–water partition coefficient (Wildman–Crippen LogP) is 1.69. The molecule has 0 atom stereocenters. The zero-order valence-corrected chi connectivity index (χ0v) is 9.95. The molecule has 4 heteroatoms. The minimum absolute atomic E-state index is 0.0328. The Labute approximate surface area is 105 Å². The summed E-state index contributed by atoms with van der Waals surface area (Å²) in [7, 11) is 0. The third kappa shape index (κ3) is 2.69. The number of hydrogen-bond acceptors (Lipinski definition) is 2. The lowest BCUT2D eigenvalue weighted by Crippen LogP contribution is -2.23. The van der Waals surface area contributed by atoms with Gasteiger partial charge in [-0.05, 0) is 24.6 Å². The normalized spacial score (nSPS) is 14.6. The number of rotatable bonds is 2. The second kappa shape index (κ2) is 5.65. The van der Waals surface area contributed by atoms with Gasteiger partial charge in [0.25, 0.3) is 0 Å². The van der Waals surface area contributed by atoms with Crippen molar-refractivity contribution in [2.24, 2.45) is 0 Å². The van der Waals surface area contributed by atoms with E-state index in [-0.39, 0.29) is 12.5 Å². The fraction of sp³-hybridized carbons (Fsp3) is 0.357. The quantitative estimate of drug-likeness (QED) is 0.808. The summed E-state index contributed by atoms with van der Waals surface area (Å²) in [5.41, 5.74) is 0.876. The molecule has 1 fully saturated rings. The van der Waals surface area contributed by atoms with E-state index in [0.717, 1.165) is 6.42 Å². The lowest BCUT2D eigenvalue weighted by Gasteiger charge is -2.15. The van der Waals surface area contributed by atoms with Gasteiger partial charge in [0.2, 0.25) is 5.91 Å². The summed E-state index contributed by atoms with van der Waals surface area (Å²) < 4.78 is 13.8. The smallest absolute Gasteiger partial charge is 0.227 e. The largest absolute Gasteiger partial charge is 0.395 e. The minimum atomic E-state index is -0.433.